The lowest BCUT2D eigenvalue weighted by atomic mass is 9.88. The molecule has 1 aromatic heterocycles. The van der Waals surface area contributed by atoms with Gasteiger partial charge in [0.2, 0.25) is 11.8 Å². The molecule has 0 atom stereocenters. The lowest BCUT2D eigenvalue weighted by Gasteiger charge is -2.40. The molecule has 0 unspecified atom stereocenters. The summed E-state index contributed by atoms with van der Waals surface area (Å²) in [5.74, 6) is -0.0920. The number of nitrogens with zero attached hydrogens (tertiary/aromatic N) is 3. The minimum atomic E-state index is -1.06. The summed E-state index contributed by atoms with van der Waals surface area (Å²) in [6.07, 6.45) is 4.62. The van der Waals surface area contributed by atoms with E-state index in [0.29, 0.717) is 31.9 Å². The molecule has 7 heteroatoms. The molecular weight excluding hydrogens is 334 g/mol. The van der Waals surface area contributed by atoms with E-state index in [1.807, 2.05) is 4.90 Å². The van der Waals surface area contributed by atoms with Gasteiger partial charge in [-0.05, 0) is 45.2 Å². The molecule has 142 valence electrons. The van der Waals surface area contributed by atoms with Gasteiger partial charge in [0.1, 0.15) is 5.41 Å². The maximum Gasteiger partial charge on any atom is 0.289 e. The zero-order valence-electron chi connectivity index (χ0n) is 15.6. The maximum atomic E-state index is 13.0. The van der Waals surface area contributed by atoms with Crippen LogP contribution in [0.3, 0.4) is 0 Å². The standard InChI is InChI=1S/C19H27N3O4/c1-19(2,17(24)21-8-4-3-5-9-21)18(25)22-12-10-20(11-13-22)16(23)15-7-6-14-26-15/h6-7,14H,3-5,8-13H2,1-2H3. The van der Waals surface area contributed by atoms with Crippen LogP contribution < -0.4 is 0 Å². The Hall–Kier alpha value is -2.31. The minimum absolute atomic E-state index is 0.0868. The number of carbonyl (C=O) groups excluding carboxylic acids is 3. The lowest BCUT2D eigenvalue weighted by molar-refractivity contribution is -0.155. The molecule has 0 saturated carbocycles. The van der Waals surface area contributed by atoms with Gasteiger partial charge in [0.25, 0.3) is 5.91 Å². The number of rotatable bonds is 3. The zero-order valence-corrected chi connectivity index (χ0v) is 15.6. The van der Waals surface area contributed by atoms with Gasteiger partial charge in [0, 0.05) is 39.3 Å². The second kappa shape index (κ2) is 7.51. The van der Waals surface area contributed by atoms with Crippen LogP contribution in [0.5, 0.6) is 0 Å². The normalized spacial score (nSPS) is 18.8. The highest BCUT2D eigenvalue weighted by Gasteiger charge is 2.42. The molecule has 0 radical (unpaired) electrons. The van der Waals surface area contributed by atoms with Crippen LogP contribution in [0.1, 0.15) is 43.7 Å². The Morgan fingerprint density at radius 2 is 1.38 bits per heavy atom. The molecule has 2 saturated heterocycles. The van der Waals surface area contributed by atoms with Gasteiger partial charge in [-0.3, -0.25) is 14.4 Å². The van der Waals surface area contributed by atoms with Crippen molar-refractivity contribution in [2.24, 2.45) is 5.41 Å². The molecule has 0 aliphatic carbocycles. The van der Waals surface area contributed by atoms with E-state index in [0.717, 1.165) is 32.4 Å². The first-order chi connectivity index (χ1) is 12.4. The van der Waals surface area contributed by atoms with E-state index in [4.69, 9.17) is 4.42 Å². The van der Waals surface area contributed by atoms with Gasteiger partial charge in [-0.15, -0.1) is 0 Å². The first-order valence-corrected chi connectivity index (χ1v) is 9.33. The van der Waals surface area contributed by atoms with Crippen LogP contribution in [0.15, 0.2) is 22.8 Å². The minimum Gasteiger partial charge on any atom is -0.459 e. The van der Waals surface area contributed by atoms with Crippen molar-refractivity contribution in [1.29, 1.82) is 0 Å². The molecule has 3 amide bonds. The van der Waals surface area contributed by atoms with E-state index < -0.39 is 5.41 Å². The highest BCUT2D eigenvalue weighted by Crippen LogP contribution is 2.25. The summed E-state index contributed by atoms with van der Waals surface area (Å²) in [7, 11) is 0. The molecule has 3 heterocycles. The summed E-state index contributed by atoms with van der Waals surface area (Å²) >= 11 is 0. The van der Waals surface area contributed by atoms with Crippen LogP contribution in [-0.4, -0.2) is 71.7 Å². The third-order valence-electron chi connectivity index (χ3n) is 5.30. The summed E-state index contributed by atoms with van der Waals surface area (Å²) in [6.45, 7) is 6.66. The van der Waals surface area contributed by atoms with Crippen molar-refractivity contribution < 1.29 is 18.8 Å². The Labute approximate surface area is 153 Å². The van der Waals surface area contributed by atoms with Crippen molar-refractivity contribution in [2.75, 3.05) is 39.3 Å². The van der Waals surface area contributed by atoms with Gasteiger partial charge in [0.05, 0.1) is 6.26 Å². The Bertz CT molecular complexity index is 654. The number of hydrogen-bond acceptors (Lipinski definition) is 4. The van der Waals surface area contributed by atoms with Gasteiger partial charge in [-0.1, -0.05) is 0 Å². The van der Waals surface area contributed by atoms with Crippen LogP contribution in [0.4, 0.5) is 0 Å². The molecule has 1 aromatic rings. The van der Waals surface area contributed by atoms with Crippen LogP contribution >= 0.6 is 0 Å². The number of furan rings is 1. The topological polar surface area (TPSA) is 74.1 Å². The SMILES string of the molecule is CC(C)(C(=O)N1CCCCC1)C(=O)N1CCN(C(=O)c2ccco2)CC1. The quantitative estimate of drug-likeness (QED) is 0.767. The Morgan fingerprint density at radius 3 is 1.92 bits per heavy atom. The molecule has 0 aromatic carbocycles. The second-order valence-corrected chi connectivity index (χ2v) is 7.54. The largest absolute Gasteiger partial charge is 0.459 e. The van der Waals surface area contributed by atoms with Crippen LogP contribution in [0, 0.1) is 5.41 Å². The number of carbonyl (C=O) groups is 3. The maximum absolute atomic E-state index is 13.0. The Kier molecular flexibility index (Phi) is 5.34. The molecule has 0 bridgehead atoms. The fourth-order valence-corrected chi connectivity index (χ4v) is 3.65. The molecule has 0 spiro atoms. The first kappa shape index (κ1) is 18.5. The first-order valence-electron chi connectivity index (χ1n) is 9.33. The van der Waals surface area contributed by atoms with Crippen LogP contribution in [-0.2, 0) is 9.59 Å². The smallest absolute Gasteiger partial charge is 0.289 e. The molecule has 26 heavy (non-hydrogen) atoms. The number of piperidine rings is 1. The van der Waals surface area contributed by atoms with Gasteiger partial charge < -0.3 is 19.1 Å². The van der Waals surface area contributed by atoms with Crippen molar-refractivity contribution in [3.8, 4) is 0 Å². The van der Waals surface area contributed by atoms with Crippen molar-refractivity contribution in [3.05, 3.63) is 24.2 Å². The van der Waals surface area contributed by atoms with Gasteiger partial charge in [0.15, 0.2) is 5.76 Å². The summed E-state index contributed by atoms with van der Waals surface area (Å²) in [4.78, 5) is 43.3. The van der Waals surface area contributed by atoms with E-state index in [2.05, 4.69) is 0 Å². The molecule has 7 nitrogen and oxygen atoms in total. The lowest BCUT2D eigenvalue weighted by Crippen LogP contribution is -2.57. The molecular formula is C19H27N3O4. The summed E-state index contributed by atoms with van der Waals surface area (Å²) < 4.78 is 5.15. The number of likely N-dealkylation sites (tertiary alicyclic amines) is 1. The zero-order chi connectivity index (χ0) is 18.7. The van der Waals surface area contributed by atoms with E-state index in [9.17, 15) is 14.4 Å². The molecule has 3 rings (SSSR count). The fraction of sp³-hybridized carbons (Fsp3) is 0.632. The van der Waals surface area contributed by atoms with E-state index in [1.165, 1.54) is 6.26 Å². The molecule has 0 N–H and O–H groups in total. The Morgan fingerprint density at radius 1 is 0.846 bits per heavy atom. The van der Waals surface area contributed by atoms with Gasteiger partial charge >= 0.3 is 0 Å². The number of piperazine rings is 1. The van der Waals surface area contributed by atoms with Crippen LogP contribution in [0.2, 0.25) is 0 Å². The average molecular weight is 361 g/mol. The summed E-state index contributed by atoms with van der Waals surface area (Å²) in [5.41, 5.74) is -1.06. The Balaban J connectivity index is 1.58. The highest BCUT2D eigenvalue weighted by atomic mass is 16.3. The fourth-order valence-electron chi connectivity index (χ4n) is 3.65. The second-order valence-electron chi connectivity index (χ2n) is 7.54. The van der Waals surface area contributed by atoms with Crippen molar-refractivity contribution in [3.63, 3.8) is 0 Å². The van der Waals surface area contributed by atoms with Crippen molar-refractivity contribution in [2.45, 2.75) is 33.1 Å². The number of hydrogen-bond donors (Lipinski definition) is 0. The van der Waals surface area contributed by atoms with Crippen LogP contribution in [0.25, 0.3) is 0 Å². The summed E-state index contributed by atoms with van der Waals surface area (Å²) in [6, 6.07) is 3.32. The predicted molar refractivity (Wildman–Crippen MR) is 95.4 cm³/mol. The van der Waals surface area contributed by atoms with E-state index in [1.54, 1.807) is 35.8 Å². The van der Waals surface area contributed by atoms with Gasteiger partial charge in [-0.2, -0.15) is 0 Å². The van der Waals surface area contributed by atoms with Crippen molar-refractivity contribution in [1.82, 2.24) is 14.7 Å². The predicted octanol–water partition coefficient (Wildman–Crippen LogP) is 1.60. The van der Waals surface area contributed by atoms with E-state index >= 15 is 0 Å². The molecule has 2 aliphatic rings. The third kappa shape index (κ3) is 3.61. The molecule has 2 fully saturated rings. The third-order valence-corrected chi connectivity index (χ3v) is 5.30. The average Bonchev–Trinajstić information content (AvgIpc) is 3.21. The van der Waals surface area contributed by atoms with Crippen molar-refractivity contribution >= 4 is 17.7 Å². The van der Waals surface area contributed by atoms with Gasteiger partial charge in [-0.25, -0.2) is 0 Å². The number of amides is 3. The monoisotopic (exact) mass is 361 g/mol. The molecule has 2 aliphatic heterocycles. The summed E-state index contributed by atoms with van der Waals surface area (Å²) in [5, 5.41) is 0. The van der Waals surface area contributed by atoms with E-state index in [-0.39, 0.29) is 17.7 Å². The highest BCUT2D eigenvalue weighted by molar-refractivity contribution is 6.04.